The largest absolute Gasteiger partial charge is 0.377 e. The Bertz CT molecular complexity index is 868. The van der Waals surface area contributed by atoms with Gasteiger partial charge in [0.15, 0.2) is 11.4 Å². The van der Waals surface area contributed by atoms with Gasteiger partial charge in [-0.2, -0.15) is 0 Å². The molecule has 3 aliphatic rings. The van der Waals surface area contributed by atoms with Gasteiger partial charge in [-0.1, -0.05) is 0 Å². The molecule has 3 heterocycles. The molecule has 140 valence electrons. The highest BCUT2D eigenvalue weighted by molar-refractivity contribution is 5.86. The molecule has 1 saturated heterocycles. The number of aryl methyl sites for hydroxylation is 1. The molecule has 0 amide bonds. The number of hydrogen-bond acceptors (Lipinski definition) is 5. The summed E-state index contributed by atoms with van der Waals surface area (Å²) >= 11 is 0. The average molecular weight is 364 g/mol. The SMILES string of the molecule is Cc1cc(NCC(F)F)c2ncn([C@@H]3[C@H]4C[C@H]4[C@H]4OC(C)(C)O[C@H]43)c2n1. The summed E-state index contributed by atoms with van der Waals surface area (Å²) in [6.45, 7) is 5.34. The molecule has 26 heavy (non-hydrogen) atoms. The van der Waals surface area contributed by atoms with Gasteiger partial charge < -0.3 is 19.4 Å². The van der Waals surface area contributed by atoms with Crippen molar-refractivity contribution in [1.82, 2.24) is 14.5 Å². The Morgan fingerprint density at radius 1 is 1.31 bits per heavy atom. The summed E-state index contributed by atoms with van der Waals surface area (Å²) in [7, 11) is 0. The van der Waals surface area contributed by atoms with Crippen molar-refractivity contribution in [2.24, 2.45) is 11.8 Å². The monoisotopic (exact) mass is 364 g/mol. The predicted octanol–water partition coefficient (Wildman–Crippen LogP) is 3.13. The van der Waals surface area contributed by atoms with Gasteiger partial charge in [0, 0.05) is 5.69 Å². The van der Waals surface area contributed by atoms with Crippen LogP contribution in [0.2, 0.25) is 0 Å². The van der Waals surface area contributed by atoms with Gasteiger partial charge in [0.25, 0.3) is 6.43 Å². The minimum atomic E-state index is -2.42. The van der Waals surface area contributed by atoms with E-state index in [-0.39, 0.29) is 18.2 Å². The molecule has 6 nitrogen and oxygen atoms in total. The molecule has 2 aromatic rings. The second-order valence-corrected chi connectivity index (χ2v) is 8.03. The lowest BCUT2D eigenvalue weighted by Crippen LogP contribution is -2.30. The van der Waals surface area contributed by atoms with Crippen molar-refractivity contribution in [3.05, 3.63) is 18.1 Å². The van der Waals surface area contributed by atoms with Gasteiger partial charge in [-0.15, -0.1) is 0 Å². The predicted molar refractivity (Wildman–Crippen MR) is 91.2 cm³/mol. The van der Waals surface area contributed by atoms with Crippen molar-refractivity contribution in [1.29, 1.82) is 0 Å². The number of ether oxygens (including phenoxy) is 2. The third-order valence-corrected chi connectivity index (χ3v) is 5.68. The highest BCUT2D eigenvalue weighted by Crippen LogP contribution is 2.63. The van der Waals surface area contributed by atoms with Gasteiger partial charge in [0.1, 0.15) is 11.6 Å². The maximum Gasteiger partial charge on any atom is 0.255 e. The first-order valence-corrected chi connectivity index (χ1v) is 9.06. The number of nitrogens with one attached hydrogen (secondary N) is 1. The number of hydrogen-bond donors (Lipinski definition) is 1. The molecule has 0 aromatic carbocycles. The van der Waals surface area contributed by atoms with Crippen LogP contribution >= 0.6 is 0 Å². The Balaban J connectivity index is 1.54. The molecule has 2 saturated carbocycles. The molecule has 0 bridgehead atoms. The zero-order valence-electron chi connectivity index (χ0n) is 14.9. The lowest BCUT2D eigenvalue weighted by molar-refractivity contribution is -0.156. The highest BCUT2D eigenvalue weighted by atomic mass is 19.3. The molecule has 1 aliphatic heterocycles. The van der Waals surface area contributed by atoms with E-state index in [1.54, 1.807) is 12.4 Å². The van der Waals surface area contributed by atoms with Crippen LogP contribution in [-0.2, 0) is 9.47 Å². The Hall–Kier alpha value is -1.80. The molecular formula is C18H22F2N4O2. The zero-order chi connectivity index (χ0) is 18.2. The van der Waals surface area contributed by atoms with Crippen molar-refractivity contribution in [2.45, 2.75) is 57.7 Å². The maximum absolute atomic E-state index is 12.6. The van der Waals surface area contributed by atoms with Gasteiger partial charge in [0.2, 0.25) is 0 Å². The molecule has 0 radical (unpaired) electrons. The van der Waals surface area contributed by atoms with Gasteiger partial charge >= 0.3 is 0 Å². The lowest BCUT2D eigenvalue weighted by Gasteiger charge is -2.24. The van der Waals surface area contributed by atoms with Crippen LogP contribution in [0.25, 0.3) is 11.2 Å². The van der Waals surface area contributed by atoms with Crippen LogP contribution in [0.5, 0.6) is 0 Å². The summed E-state index contributed by atoms with van der Waals surface area (Å²) < 4.78 is 39.6. The first-order valence-electron chi connectivity index (χ1n) is 9.06. The molecule has 5 atom stereocenters. The quantitative estimate of drug-likeness (QED) is 0.903. The lowest BCUT2D eigenvalue weighted by atomic mass is 10.1. The van der Waals surface area contributed by atoms with Gasteiger partial charge in [-0.05, 0) is 45.1 Å². The number of alkyl halides is 2. The Kier molecular flexibility index (Phi) is 3.37. The van der Waals surface area contributed by atoms with Gasteiger partial charge in [-0.3, -0.25) is 0 Å². The van der Waals surface area contributed by atoms with Crippen LogP contribution in [0.1, 0.15) is 32.0 Å². The Morgan fingerprint density at radius 3 is 2.85 bits per heavy atom. The first kappa shape index (κ1) is 16.4. The van der Waals surface area contributed by atoms with Crippen LogP contribution in [0.3, 0.4) is 0 Å². The van der Waals surface area contributed by atoms with E-state index in [4.69, 9.17) is 9.47 Å². The standard InChI is InChI=1S/C18H22F2N4O2/c1-8-4-11(21-6-12(19)20)13-17(23-8)24(7-22-13)14-9-5-10(9)15-16(14)26-18(2,3)25-15/h4,7,9-10,12,14-16H,5-6H2,1-3H3,(H,21,23)/t9-,10+,14+,15+,16-/m0/s1. The van der Waals surface area contributed by atoms with E-state index in [0.29, 0.717) is 28.7 Å². The van der Waals surface area contributed by atoms with Gasteiger partial charge in [0.05, 0.1) is 30.7 Å². The minimum absolute atomic E-state index is 0.0223. The molecule has 2 aliphatic carbocycles. The molecule has 2 aromatic heterocycles. The van der Waals surface area contributed by atoms with Crippen molar-refractivity contribution in [3.8, 4) is 0 Å². The summed E-state index contributed by atoms with van der Waals surface area (Å²) in [6.07, 6.45) is 0.550. The summed E-state index contributed by atoms with van der Waals surface area (Å²) in [5.74, 6) is 0.439. The molecule has 0 unspecified atom stereocenters. The van der Waals surface area contributed by atoms with E-state index >= 15 is 0 Å². The van der Waals surface area contributed by atoms with E-state index in [2.05, 4.69) is 19.9 Å². The molecule has 0 spiro atoms. The number of imidazole rings is 1. The number of pyridine rings is 1. The number of halogens is 2. The van der Waals surface area contributed by atoms with Gasteiger partial charge in [-0.25, -0.2) is 18.7 Å². The molecule has 1 N–H and O–H groups in total. The summed E-state index contributed by atoms with van der Waals surface area (Å²) in [5, 5.41) is 2.79. The first-order chi connectivity index (χ1) is 12.3. The fraction of sp³-hybridized carbons (Fsp3) is 0.667. The number of rotatable bonds is 4. The van der Waals surface area contributed by atoms with Crippen LogP contribution in [0.4, 0.5) is 14.5 Å². The number of fused-ring (bicyclic) bond motifs is 4. The van der Waals surface area contributed by atoms with Crippen LogP contribution in [-0.4, -0.2) is 45.5 Å². The fourth-order valence-electron chi connectivity index (χ4n) is 4.70. The van der Waals surface area contributed by atoms with Crippen molar-refractivity contribution in [2.75, 3.05) is 11.9 Å². The minimum Gasteiger partial charge on any atom is -0.377 e. The summed E-state index contributed by atoms with van der Waals surface area (Å²) in [6, 6.07) is 1.88. The van der Waals surface area contributed by atoms with Crippen LogP contribution in [0.15, 0.2) is 12.4 Å². The topological polar surface area (TPSA) is 61.2 Å². The number of aromatic nitrogens is 3. The zero-order valence-corrected chi connectivity index (χ0v) is 14.9. The smallest absolute Gasteiger partial charge is 0.255 e. The third-order valence-electron chi connectivity index (χ3n) is 5.68. The average Bonchev–Trinajstić information content (AvgIpc) is 2.98. The number of nitrogens with zero attached hydrogens (tertiary/aromatic N) is 3. The fourth-order valence-corrected chi connectivity index (χ4v) is 4.70. The van der Waals surface area contributed by atoms with E-state index in [1.807, 2.05) is 20.8 Å². The molecular weight excluding hydrogens is 342 g/mol. The summed E-state index contributed by atoms with van der Waals surface area (Å²) in [5.41, 5.74) is 2.70. The normalized spacial score (nSPS) is 34.3. The molecule has 8 heteroatoms. The van der Waals surface area contributed by atoms with E-state index in [0.717, 1.165) is 12.1 Å². The van der Waals surface area contributed by atoms with Crippen molar-refractivity contribution >= 4 is 16.9 Å². The number of anilines is 1. The van der Waals surface area contributed by atoms with E-state index in [9.17, 15) is 8.78 Å². The second-order valence-electron chi connectivity index (χ2n) is 8.03. The maximum atomic E-state index is 12.6. The molecule has 5 rings (SSSR count). The highest BCUT2D eigenvalue weighted by Gasteiger charge is 2.66. The summed E-state index contributed by atoms with van der Waals surface area (Å²) in [4.78, 5) is 9.13. The molecule has 3 fully saturated rings. The Labute approximate surface area is 149 Å². The second kappa shape index (κ2) is 5.36. The van der Waals surface area contributed by atoms with E-state index in [1.165, 1.54) is 0 Å². The van der Waals surface area contributed by atoms with E-state index < -0.39 is 18.8 Å². The van der Waals surface area contributed by atoms with Crippen molar-refractivity contribution < 1.29 is 18.3 Å². The third kappa shape index (κ3) is 2.42. The van der Waals surface area contributed by atoms with Crippen LogP contribution in [0, 0.1) is 18.8 Å². The Morgan fingerprint density at radius 2 is 2.08 bits per heavy atom. The van der Waals surface area contributed by atoms with Crippen molar-refractivity contribution in [3.63, 3.8) is 0 Å². The van der Waals surface area contributed by atoms with Crippen LogP contribution < -0.4 is 5.32 Å².